The molecule has 0 N–H and O–H groups in total. The van der Waals surface area contributed by atoms with Gasteiger partial charge >= 0.3 is 29.8 Å². The van der Waals surface area contributed by atoms with Crippen LogP contribution in [0.5, 0.6) is 0 Å². The highest BCUT2D eigenvalue weighted by atomic mass is 16.8. The Labute approximate surface area is 429 Å². The van der Waals surface area contributed by atoms with Gasteiger partial charge in [0, 0.05) is 41.2 Å². The van der Waals surface area contributed by atoms with Crippen molar-refractivity contribution in [1.29, 1.82) is 0 Å². The molecule has 0 amide bonds. The molecule has 0 spiro atoms. The van der Waals surface area contributed by atoms with Crippen LogP contribution in [0.1, 0.15) is 216 Å². The molecule has 0 saturated carbocycles. The Morgan fingerprint density at radius 1 is 0.380 bits per heavy atom. The average molecular weight is 1010 g/mol. The number of rotatable bonds is 40. The van der Waals surface area contributed by atoms with Crippen molar-refractivity contribution in [3.63, 3.8) is 0 Å². The van der Waals surface area contributed by atoms with Gasteiger partial charge in [-0.15, -0.1) is 0 Å². The van der Waals surface area contributed by atoms with Crippen LogP contribution in [0, 0.1) is 0 Å². The van der Waals surface area contributed by atoms with Gasteiger partial charge in [0.15, 0.2) is 43.1 Å². The molecule has 16 nitrogen and oxygen atoms in total. The lowest BCUT2D eigenvalue weighted by molar-refractivity contribution is -0.357. The first-order valence-electron chi connectivity index (χ1n) is 28.0. The first-order chi connectivity index (χ1) is 34.1. The molecule has 0 aliphatic carbocycles. The molecule has 0 aromatic heterocycles. The molecular formula is C55H100N2O14. The Bertz CT molecular complexity index is 1450. The van der Waals surface area contributed by atoms with E-state index < -0.39 is 91.3 Å². The Balaban J connectivity index is 2.17. The third-order valence-corrected chi connectivity index (χ3v) is 13.4. The van der Waals surface area contributed by atoms with Crippen molar-refractivity contribution in [3.8, 4) is 0 Å². The maximum Gasteiger partial charge on any atom is 0.303 e. The molecule has 414 valence electrons. The first-order valence-corrected chi connectivity index (χ1v) is 28.0. The van der Waals surface area contributed by atoms with E-state index in [-0.39, 0.29) is 13.0 Å². The largest absolute Gasteiger partial charge is 0.456 e. The van der Waals surface area contributed by atoms with Crippen molar-refractivity contribution < 1.29 is 66.6 Å². The predicted molar refractivity (Wildman–Crippen MR) is 273 cm³/mol. The number of carbonyl (C=O) groups excluding carboxylic acids is 5. The average Bonchev–Trinajstić information content (AvgIpc) is 3.31. The topological polar surface area (TPSA) is 175 Å². The van der Waals surface area contributed by atoms with Gasteiger partial charge in [-0.25, -0.2) is 0 Å². The monoisotopic (exact) mass is 1010 g/mol. The van der Waals surface area contributed by atoms with Crippen LogP contribution < -0.4 is 0 Å². The molecule has 10 unspecified atom stereocenters. The minimum absolute atomic E-state index is 0.282. The predicted octanol–water partition coefficient (Wildman–Crippen LogP) is 10.2. The van der Waals surface area contributed by atoms with Crippen molar-refractivity contribution >= 4 is 29.8 Å². The summed E-state index contributed by atoms with van der Waals surface area (Å²) in [6.07, 6.45) is 16.8. The molecule has 0 radical (unpaired) electrons. The zero-order valence-corrected chi connectivity index (χ0v) is 46.1. The van der Waals surface area contributed by atoms with E-state index in [1.807, 2.05) is 6.92 Å². The van der Waals surface area contributed by atoms with Crippen LogP contribution in [0.2, 0.25) is 0 Å². The lowest BCUT2D eigenvalue weighted by Crippen LogP contribution is -2.66. The zero-order valence-electron chi connectivity index (χ0n) is 46.1. The number of hydrogen-bond acceptors (Lipinski definition) is 16. The van der Waals surface area contributed by atoms with E-state index in [9.17, 15) is 24.0 Å². The number of ether oxygens (including phenoxy) is 9. The molecule has 2 fully saturated rings. The van der Waals surface area contributed by atoms with Crippen LogP contribution in [0.3, 0.4) is 0 Å². The van der Waals surface area contributed by atoms with Gasteiger partial charge in [0.1, 0.15) is 12.2 Å². The molecule has 0 bridgehead atoms. The Morgan fingerprint density at radius 3 is 1.18 bits per heavy atom. The standard InChI is InChI=1S/C55H100N2O14/c1-11-15-17-19-21-23-25-27-29-31-35-56(10)36-33-38-57(37-32-30-28-26-24-22-20-18-16-12-2)39-34-40-63-54-52(67-44(8)61)51(66-43(7)60)49(47(14-4)69-54)71-55-53(68-45(9)62)50(65-42(6)59)48(64-41(5)58)46(13-3)70-55/h46-55H,11-40H2,1-10H3. The summed E-state index contributed by atoms with van der Waals surface area (Å²) < 4.78 is 54.4. The quantitative estimate of drug-likeness (QED) is 0.0322. The van der Waals surface area contributed by atoms with Gasteiger partial charge in [0.25, 0.3) is 0 Å². The Kier molecular flexibility index (Phi) is 35.0. The fourth-order valence-corrected chi connectivity index (χ4v) is 9.79. The van der Waals surface area contributed by atoms with Gasteiger partial charge in [0.2, 0.25) is 0 Å². The maximum atomic E-state index is 12.8. The highest BCUT2D eigenvalue weighted by Gasteiger charge is 2.56. The molecule has 10 atom stereocenters. The highest BCUT2D eigenvalue weighted by Crippen LogP contribution is 2.36. The third-order valence-electron chi connectivity index (χ3n) is 13.4. The molecule has 2 aliphatic heterocycles. The van der Waals surface area contributed by atoms with Crippen LogP contribution in [-0.4, -0.2) is 147 Å². The van der Waals surface area contributed by atoms with Gasteiger partial charge in [-0.2, -0.15) is 0 Å². The maximum absolute atomic E-state index is 12.8. The van der Waals surface area contributed by atoms with E-state index in [1.54, 1.807) is 6.92 Å². The molecule has 2 saturated heterocycles. The van der Waals surface area contributed by atoms with E-state index >= 15 is 0 Å². The van der Waals surface area contributed by atoms with Crippen molar-refractivity contribution in [1.82, 2.24) is 9.80 Å². The summed E-state index contributed by atoms with van der Waals surface area (Å²) in [6, 6.07) is 0. The third kappa shape index (κ3) is 27.3. The second-order valence-electron chi connectivity index (χ2n) is 20.0. The fourth-order valence-electron chi connectivity index (χ4n) is 9.79. The van der Waals surface area contributed by atoms with Crippen LogP contribution in [0.15, 0.2) is 0 Å². The van der Waals surface area contributed by atoms with Crippen molar-refractivity contribution in [2.24, 2.45) is 0 Å². The summed E-state index contributed by atoms with van der Waals surface area (Å²) in [5.41, 5.74) is 0. The van der Waals surface area contributed by atoms with Crippen molar-refractivity contribution in [2.45, 2.75) is 278 Å². The van der Waals surface area contributed by atoms with Crippen molar-refractivity contribution in [3.05, 3.63) is 0 Å². The number of esters is 5. The van der Waals surface area contributed by atoms with E-state index in [0.29, 0.717) is 12.8 Å². The van der Waals surface area contributed by atoms with Crippen LogP contribution in [0.25, 0.3) is 0 Å². The fraction of sp³-hybridized carbons (Fsp3) is 0.909. The number of carbonyl (C=O) groups is 5. The number of unbranched alkanes of at least 4 members (excludes halogenated alkanes) is 18. The highest BCUT2D eigenvalue weighted by molar-refractivity contribution is 5.69. The van der Waals surface area contributed by atoms with Gasteiger partial charge in [-0.05, 0) is 71.8 Å². The molecular weight excluding hydrogens is 913 g/mol. The van der Waals surface area contributed by atoms with Crippen LogP contribution >= 0.6 is 0 Å². The SMILES string of the molecule is CCCCCCCCCCCCN(C)CCCN(CCCCCCCCCCCC)CCCOC1OC(CC)C(OC2OC(CC)C(OC(C)=O)C(OC(C)=O)C2OC(C)=O)C(OC(C)=O)C1OC(C)=O. The van der Waals surface area contributed by atoms with E-state index in [4.69, 9.17) is 42.6 Å². The summed E-state index contributed by atoms with van der Waals surface area (Å²) >= 11 is 0. The minimum Gasteiger partial charge on any atom is -0.456 e. The second-order valence-corrected chi connectivity index (χ2v) is 20.0. The van der Waals surface area contributed by atoms with Gasteiger partial charge < -0.3 is 52.4 Å². The van der Waals surface area contributed by atoms with E-state index in [1.165, 1.54) is 157 Å². The second kappa shape index (κ2) is 38.7. The molecule has 2 aliphatic rings. The summed E-state index contributed by atoms with van der Waals surface area (Å²) in [5, 5.41) is 0. The number of nitrogens with zero attached hydrogens (tertiary/aromatic N) is 2. The molecule has 0 aromatic carbocycles. The summed E-state index contributed by atoms with van der Waals surface area (Å²) in [4.78, 5) is 67.7. The molecule has 71 heavy (non-hydrogen) atoms. The van der Waals surface area contributed by atoms with E-state index in [2.05, 4.69) is 30.7 Å². The van der Waals surface area contributed by atoms with Crippen molar-refractivity contribution in [2.75, 3.05) is 46.4 Å². The van der Waals surface area contributed by atoms with Crippen LogP contribution in [0.4, 0.5) is 0 Å². The summed E-state index contributed by atoms with van der Waals surface area (Å²) in [6.45, 7) is 19.5. The normalized spacial score (nSPS) is 24.5. The van der Waals surface area contributed by atoms with Gasteiger partial charge in [-0.1, -0.05) is 143 Å². The lowest BCUT2D eigenvalue weighted by atomic mass is 9.94. The number of hydrogen-bond donors (Lipinski definition) is 0. The van der Waals surface area contributed by atoms with E-state index in [0.717, 1.165) is 45.6 Å². The minimum atomic E-state index is -1.43. The zero-order chi connectivity index (χ0) is 52.4. The Morgan fingerprint density at radius 2 is 0.718 bits per heavy atom. The molecule has 16 heteroatoms. The molecule has 2 heterocycles. The van der Waals surface area contributed by atoms with Gasteiger partial charge in [-0.3, -0.25) is 24.0 Å². The Hall–Kier alpha value is -2.89. The lowest BCUT2D eigenvalue weighted by Gasteiger charge is -2.49. The van der Waals surface area contributed by atoms with Gasteiger partial charge in [0.05, 0.1) is 12.7 Å². The molecule has 0 aromatic rings. The van der Waals surface area contributed by atoms with Crippen LogP contribution in [-0.2, 0) is 66.6 Å². The molecule has 2 rings (SSSR count). The summed E-state index contributed by atoms with van der Waals surface area (Å²) in [7, 11) is 2.24. The first kappa shape index (κ1) is 64.2. The smallest absolute Gasteiger partial charge is 0.303 e. The summed E-state index contributed by atoms with van der Waals surface area (Å²) in [5.74, 6) is -3.45.